The van der Waals surface area contributed by atoms with Crippen molar-refractivity contribution in [3.05, 3.63) is 65.7 Å². The average Bonchev–Trinajstić information content (AvgIpc) is 3.59. The number of benzene rings is 2. The van der Waals surface area contributed by atoms with Crippen LogP contribution in [0.25, 0.3) is 34.3 Å². The van der Waals surface area contributed by atoms with Crippen LogP contribution in [0, 0.1) is 0 Å². The van der Waals surface area contributed by atoms with Crippen LogP contribution in [-0.2, 0) is 15.8 Å². The van der Waals surface area contributed by atoms with Crippen molar-refractivity contribution >= 4 is 11.8 Å². The molecule has 0 saturated carbocycles. The Labute approximate surface area is 224 Å². The molecule has 0 aliphatic carbocycles. The maximum Gasteiger partial charge on any atom is 0.422 e. The smallest absolute Gasteiger partial charge is 0.389 e. The molecule has 3 N–H and O–H groups in total. The summed E-state index contributed by atoms with van der Waals surface area (Å²) in [6, 6.07) is 13.5. The fraction of sp³-hybridized carbons (Fsp3) is 0.269. The van der Waals surface area contributed by atoms with Crippen LogP contribution >= 0.6 is 0 Å². The zero-order valence-corrected chi connectivity index (χ0v) is 20.6. The molecule has 5 rings (SSSR count). The Morgan fingerprint density at radius 3 is 2.38 bits per heavy atom. The Hall–Kier alpha value is -4.56. The highest BCUT2D eigenvalue weighted by Gasteiger charge is 2.43. The second-order valence-electron chi connectivity index (χ2n) is 9.04. The third kappa shape index (κ3) is 5.58. The van der Waals surface area contributed by atoms with Gasteiger partial charge in [0.25, 0.3) is 11.8 Å². The molecule has 1 atom stereocenters. The zero-order chi connectivity index (χ0) is 28.4. The Bertz CT molecular complexity index is 1500. The van der Waals surface area contributed by atoms with Gasteiger partial charge in [-0.05, 0) is 5.56 Å². The van der Waals surface area contributed by atoms with Crippen LogP contribution in [0.5, 0.6) is 0 Å². The van der Waals surface area contributed by atoms with Crippen molar-refractivity contribution < 1.29 is 42.0 Å². The minimum atomic E-state index is -4.82. The molecule has 3 heterocycles. The number of carbonyl (C=O) groups excluding carboxylic acids is 2. The molecule has 0 bridgehead atoms. The Kier molecular flexibility index (Phi) is 7.36. The van der Waals surface area contributed by atoms with Crippen LogP contribution in [0.15, 0.2) is 63.6 Å². The SMILES string of the molecule is O=C(NCCC(=O)N1CC(O)C1)[C@H](O)c1ccc(-c2noc(-c3onc(-c4ccccc4)c3C(F)(F)F)n2)cc1. The maximum atomic E-state index is 13.9. The second kappa shape index (κ2) is 10.9. The molecule has 2 amide bonds. The van der Waals surface area contributed by atoms with Gasteiger partial charge in [0, 0.05) is 37.2 Å². The summed E-state index contributed by atoms with van der Waals surface area (Å²) in [5.74, 6) is -2.24. The molecule has 208 valence electrons. The number of halogens is 3. The summed E-state index contributed by atoms with van der Waals surface area (Å²) in [7, 11) is 0. The van der Waals surface area contributed by atoms with Gasteiger partial charge in [-0.15, -0.1) is 0 Å². The molecule has 2 aromatic carbocycles. The zero-order valence-electron chi connectivity index (χ0n) is 20.6. The minimum Gasteiger partial charge on any atom is -0.389 e. The number of carbonyl (C=O) groups is 2. The first-order valence-electron chi connectivity index (χ1n) is 12.1. The van der Waals surface area contributed by atoms with E-state index in [0.717, 1.165) is 0 Å². The highest BCUT2D eigenvalue weighted by Crippen LogP contribution is 2.43. The molecule has 0 unspecified atom stereocenters. The first kappa shape index (κ1) is 27.0. The summed E-state index contributed by atoms with van der Waals surface area (Å²) in [5.41, 5.74) is -0.801. The average molecular weight is 557 g/mol. The summed E-state index contributed by atoms with van der Waals surface area (Å²) in [6.07, 6.45) is -6.85. The number of nitrogens with one attached hydrogen (secondary N) is 1. The summed E-state index contributed by atoms with van der Waals surface area (Å²) < 4.78 is 51.9. The quantitative estimate of drug-likeness (QED) is 0.297. The van der Waals surface area contributed by atoms with Crippen molar-refractivity contribution in [2.75, 3.05) is 19.6 Å². The Morgan fingerprint density at radius 1 is 1.02 bits per heavy atom. The van der Waals surface area contributed by atoms with Gasteiger partial charge >= 0.3 is 6.18 Å². The molecule has 1 aliphatic rings. The van der Waals surface area contributed by atoms with Crippen LogP contribution in [0.2, 0.25) is 0 Å². The monoisotopic (exact) mass is 557 g/mol. The number of hydrogen-bond donors (Lipinski definition) is 3. The molecule has 0 spiro atoms. The van der Waals surface area contributed by atoms with Crippen molar-refractivity contribution in [2.24, 2.45) is 0 Å². The fourth-order valence-corrected chi connectivity index (χ4v) is 4.10. The number of β-amino-alcohol motifs (C(OH)–C–C–N with tert-alkyl or cyclic N) is 1. The van der Waals surface area contributed by atoms with Crippen LogP contribution in [0.1, 0.15) is 23.7 Å². The van der Waals surface area contributed by atoms with Gasteiger partial charge in [0.05, 0.1) is 6.10 Å². The summed E-state index contributed by atoms with van der Waals surface area (Å²) in [5, 5.41) is 29.4. The topological polar surface area (TPSA) is 155 Å². The maximum absolute atomic E-state index is 13.9. The second-order valence-corrected chi connectivity index (χ2v) is 9.04. The number of nitrogens with zero attached hydrogens (tertiary/aromatic N) is 4. The molecule has 4 aromatic rings. The summed E-state index contributed by atoms with van der Waals surface area (Å²) in [6.45, 7) is 0.541. The van der Waals surface area contributed by atoms with E-state index in [1.54, 1.807) is 18.2 Å². The molecule has 1 saturated heterocycles. The van der Waals surface area contributed by atoms with Crippen LogP contribution in [-0.4, -0.2) is 68.0 Å². The third-order valence-corrected chi connectivity index (χ3v) is 6.23. The molecule has 11 nitrogen and oxygen atoms in total. The minimum absolute atomic E-state index is 0.0125. The van der Waals surface area contributed by atoms with Gasteiger partial charge in [0.15, 0.2) is 6.10 Å². The molecule has 2 aromatic heterocycles. The normalized spacial score (nSPS) is 14.6. The number of aliphatic hydroxyl groups is 2. The highest BCUT2D eigenvalue weighted by molar-refractivity contribution is 5.83. The van der Waals surface area contributed by atoms with E-state index in [1.165, 1.54) is 41.3 Å². The summed E-state index contributed by atoms with van der Waals surface area (Å²) >= 11 is 0. The number of aromatic nitrogens is 3. The first-order chi connectivity index (χ1) is 19.1. The van der Waals surface area contributed by atoms with E-state index in [4.69, 9.17) is 9.05 Å². The van der Waals surface area contributed by atoms with Gasteiger partial charge in [0.2, 0.25) is 17.5 Å². The van der Waals surface area contributed by atoms with Crippen LogP contribution in [0.4, 0.5) is 13.2 Å². The standard InChI is InChI=1S/C26H22F3N5O6/c27-26(28,29)19-20(14-4-2-1-3-5-14)32-39-22(19)25-31-23(33-40-25)16-8-6-15(7-9-16)21(37)24(38)30-11-10-18(36)34-12-17(35)13-34/h1-9,17,21,35,37H,10-13H2,(H,30,38)/t21-/m1/s1. The molecule has 0 radical (unpaired) electrons. The third-order valence-electron chi connectivity index (χ3n) is 6.23. The number of amides is 2. The van der Waals surface area contributed by atoms with E-state index < -0.39 is 47.2 Å². The number of rotatable bonds is 8. The molecule has 1 fully saturated rings. The highest BCUT2D eigenvalue weighted by atomic mass is 19.4. The van der Waals surface area contributed by atoms with Gasteiger partial charge in [-0.3, -0.25) is 9.59 Å². The predicted molar refractivity (Wildman–Crippen MR) is 131 cm³/mol. The molecule has 40 heavy (non-hydrogen) atoms. The van der Waals surface area contributed by atoms with Gasteiger partial charge in [0.1, 0.15) is 11.3 Å². The van der Waals surface area contributed by atoms with Crippen LogP contribution < -0.4 is 5.32 Å². The van der Waals surface area contributed by atoms with Crippen molar-refractivity contribution in [1.82, 2.24) is 25.5 Å². The lowest BCUT2D eigenvalue weighted by atomic mass is 10.1. The number of hydrogen-bond acceptors (Lipinski definition) is 9. The van der Waals surface area contributed by atoms with E-state index in [1.807, 2.05) is 0 Å². The predicted octanol–water partition coefficient (Wildman–Crippen LogP) is 2.82. The Morgan fingerprint density at radius 2 is 1.73 bits per heavy atom. The molecule has 14 heteroatoms. The summed E-state index contributed by atoms with van der Waals surface area (Å²) in [4.78, 5) is 29.7. The van der Waals surface area contributed by atoms with Crippen molar-refractivity contribution in [3.8, 4) is 34.3 Å². The lowest BCUT2D eigenvalue weighted by molar-refractivity contribution is -0.141. The number of aliphatic hydroxyl groups excluding tert-OH is 2. The molecular weight excluding hydrogens is 535 g/mol. The first-order valence-corrected chi connectivity index (χ1v) is 12.1. The van der Waals surface area contributed by atoms with Gasteiger partial charge < -0.3 is 29.5 Å². The van der Waals surface area contributed by atoms with E-state index >= 15 is 0 Å². The Balaban J connectivity index is 1.26. The van der Waals surface area contributed by atoms with E-state index in [9.17, 15) is 33.0 Å². The number of likely N-dealkylation sites (tertiary alicyclic amines) is 1. The van der Waals surface area contributed by atoms with Crippen molar-refractivity contribution in [1.29, 1.82) is 0 Å². The van der Waals surface area contributed by atoms with Crippen molar-refractivity contribution in [3.63, 3.8) is 0 Å². The van der Waals surface area contributed by atoms with Gasteiger partial charge in [-0.1, -0.05) is 64.9 Å². The van der Waals surface area contributed by atoms with E-state index in [-0.39, 0.29) is 48.9 Å². The van der Waals surface area contributed by atoms with Gasteiger partial charge in [-0.25, -0.2) is 0 Å². The van der Waals surface area contributed by atoms with Gasteiger partial charge in [-0.2, -0.15) is 18.2 Å². The largest absolute Gasteiger partial charge is 0.422 e. The fourth-order valence-electron chi connectivity index (χ4n) is 4.10. The molecular formula is C26H22F3N5O6. The van der Waals surface area contributed by atoms with E-state index in [0.29, 0.717) is 5.56 Å². The molecule has 1 aliphatic heterocycles. The number of alkyl halides is 3. The lowest BCUT2D eigenvalue weighted by Crippen LogP contribution is -2.54. The lowest BCUT2D eigenvalue weighted by Gasteiger charge is -2.35. The van der Waals surface area contributed by atoms with Crippen molar-refractivity contribution in [2.45, 2.75) is 24.8 Å². The van der Waals surface area contributed by atoms with E-state index in [2.05, 4.69) is 20.6 Å². The van der Waals surface area contributed by atoms with Crippen LogP contribution in [0.3, 0.4) is 0 Å².